The Morgan fingerprint density at radius 1 is 1.31 bits per heavy atom. The summed E-state index contributed by atoms with van der Waals surface area (Å²) in [5.74, 6) is -0.0360. The highest BCUT2D eigenvalue weighted by Gasteiger charge is 2.00. The molecule has 4 nitrogen and oxygen atoms in total. The maximum absolute atomic E-state index is 7.68. The van der Waals surface area contributed by atoms with Crippen molar-refractivity contribution >= 4 is 31.9 Å². The largest absolute Gasteiger partial charge is 0.273 e. The van der Waals surface area contributed by atoms with E-state index in [0.717, 1.165) is 4.57 Å². The average Bonchev–Trinajstić information content (AvgIpc) is 2.49. The second-order valence-electron chi connectivity index (χ2n) is 2.00. The molecule has 0 saturated heterocycles. The fraction of sp³-hybridized carbons (Fsp3) is 0. The van der Waals surface area contributed by atoms with Crippen molar-refractivity contribution in [2.75, 3.05) is 0 Å². The van der Waals surface area contributed by atoms with E-state index in [-0.39, 0.29) is 39.8 Å². The van der Waals surface area contributed by atoms with Gasteiger partial charge in [-0.25, -0.2) is 15.0 Å². The predicted octanol–water partition coefficient (Wildman–Crippen LogP) is 2.19. The first-order valence-corrected chi connectivity index (χ1v) is 4.73. The first kappa shape index (κ1) is 5.21. The van der Waals surface area contributed by atoms with E-state index in [9.17, 15) is 0 Å². The van der Waals surface area contributed by atoms with Gasteiger partial charge in [-0.05, 0) is 37.9 Å². The van der Waals surface area contributed by atoms with E-state index in [1.807, 2.05) is 0 Å². The third-order valence-corrected chi connectivity index (χ3v) is 1.90. The van der Waals surface area contributed by atoms with Gasteiger partial charge in [-0.15, -0.1) is 0 Å². The highest BCUT2D eigenvalue weighted by atomic mass is 79.9. The smallest absolute Gasteiger partial charge is 0.235 e. The van der Waals surface area contributed by atoms with Crippen LogP contribution in [-0.2, 0) is 0 Å². The fourth-order valence-electron chi connectivity index (χ4n) is 0.696. The third-order valence-electron chi connectivity index (χ3n) is 1.17. The lowest BCUT2D eigenvalue weighted by atomic mass is 10.7. The maximum atomic E-state index is 7.68. The summed E-state index contributed by atoms with van der Waals surface area (Å²) in [6, 6.07) is -0.147. The molecule has 66 valence electrons. The Morgan fingerprint density at radius 2 is 2.15 bits per heavy atom. The summed E-state index contributed by atoms with van der Waals surface area (Å²) >= 11 is 6.05. The van der Waals surface area contributed by atoms with Gasteiger partial charge in [-0.3, -0.25) is 4.57 Å². The number of halogens is 2. The van der Waals surface area contributed by atoms with Crippen LogP contribution in [0.4, 0.5) is 0 Å². The van der Waals surface area contributed by atoms with Crippen LogP contribution in [0.1, 0.15) is 5.48 Å². The van der Waals surface area contributed by atoms with Gasteiger partial charge in [-0.2, -0.15) is 0 Å². The summed E-state index contributed by atoms with van der Waals surface area (Å²) in [6.07, 6.45) is -0.588. The van der Waals surface area contributed by atoms with Crippen molar-refractivity contribution in [2.24, 2.45) is 0 Å². The number of aromatic nitrogens is 4. The summed E-state index contributed by atoms with van der Waals surface area (Å²) in [6.45, 7) is 0. The van der Waals surface area contributed by atoms with E-state index in [2.05, 4.69) is 46.8 Å². The molecule has 0 spiro atoms. The van der Waals surface area contributed by atoms with Gasteiger partial charge in [0.15, 0.2) is 0 Å². The Balaban J connectivity index is 2.69. The van der Waals surface area contributed by atoms with Gasteiger partial charge in [0.05, 0.1) is 4.11 Å². The Morgan fingerprint density at radius 3 is 2.77 bits per heavy atom. The van der Waals surface area contributed by atoms with Gasteiger partial charge >= 0.3 is 0 Å². The minimum absolute atomic E-state index is 0.0360. The molecule has 0 atom stereocenters. The zero-order valence-electron chi connectivity index (χ0n) is 10.0. The lowest BCUT2D eigenvalue weighted by Crippen LogP contribution is -1.97. The SMILES string of the molecule is [2H]c1nc(-n2c([2H])nc(Br)c2[2H])nc(Br)c1[2H]. The van der Waals surface area contributed by atoms with Crippen molar-refractivity contribution in [3.05, 3.63) is 33.9 Å². The molecule has 0 saturated carbocycles. The van der Waals surface area contributed by atoms with E-state index < -0.39 is 0 Å². The van der Waals surface area contributed by atoms with Gasteiger partial charge in [0, 0.05) is 12.3 Å². The van der Waals surface area contributed by atoms with E-state index in [1.54, 1.807) is 0 Å². The molecule has 0 amide bonds. The normalized spacial score (nSPS) is 14.6. The molecule has 0 aliphatic heterocycles. The monoisotopic (exact) mass is 306 g/mol. The quantitative estimate of drug-likeness (QED) is 0.759. The predicted molar refractivity (Wildman–Crippen MR) is 54.6 cm³/mol. The standard InChI is InChI=1S/C7H4Br2N4/c8-5-1-2-10-7(12-5)13-3-6(9)11-4-13/h1-4H/i1D,2D,3D,4D. The lowest BCUT2D eigenvalue weighted by Gasteiger charge is -1.97. The van der Waals surface area contributed by atoms with E-state index in [0.29, 0.717) is 0 Å². The molecule has 0 radical (unpaired) electrons. The van der Waals surface area contributed by atoms with Crippen molar-refractivity contribution in [1.82, 2.24) is 19.5 Å². The van der Waals surface area contributed by atoms with E-state index >= 15 is 0 Å². The zero-order chi connectivity index (χ0) is 12.7. The molecule has 2 rings (SSSR count). The van der Waals surface area contributed by atoms with Crippen LogP contribution in [-0.4, -0.2) is 19.5 Å². The molecule has 0 bridgehead atoms. The van der Waals surface area contributed by atoms with Crippen molar-refractivity contribution in [2.45, 2.75) is 0 Å². The van der Waals surface area contributed by atoms with Crippen LogP contribution in [0.5, 0.6) is 0 Å². The lowest BCUT2D eigenvalue weighted by molar-refractivity contribution is 0.916. The second-order valence-corrected chi connectivity index (χ2v) is 3.50. The molecule has 0 N–H and O–H groups in total. The first-order valence-electron chi connectivity index (χ1n) is 5.14. The van der Waals surface area contributed by atoms with Gasteiger partial charge in [-0.1, -0.05) is 0 Å². The topological polar surface area (TPSA) is 43.6 Å². The van der Waals surface area contributed by atoms with Gasteiger partial charge in [0.2, 0.25) is 5.95 Å². The van der Waals surface area contributed by atoms with Crippen LogP contribution < -0.4 is 0 Å². The number of rotatable bonds is 1. The van der Waals surface area contributed by atoms with Crippen molar-refractivity contribution in [1.29, 1.82) is 0 Å². The summed E-state index contributed by atoms with van der Waals surface area (Å²) in [5, 5.41) is 0. The van der Waals surface area contributed by atoms with Crippen LogP contribution in [0.25, 0.3) is 5.95 Å². The van der Waals surface area contributed by atoms with Crippen LogP contribution in [0.3, 0.4) is 0 Å². The first-order chi connectivity index (χ1) is 7.91. The number of hydrogen-bond acceptors (Lipinski definition) is 3. The molecule has 2 heterocycles. The van der Waals surface area contributed by atoms with Crippen LogP contribution >= 0.6 is 31.9 Å². The summed E-state index contributed by atoms with van der Waals surface area (Å²) < 4.78 is 31.5. The van der Waals surface area contributed by atoms with Gasteiger partial charge < -0.3 is 0 Å². The van der Waals surface area contributed by atoms with Crippen LogP contribution in [0.2, 0.25) is 0 Å². The Hall–Kier alpha value is -0.750. The Kier molecular flexibility index (Phi) is 1.42. The number of hydrogen-bond donors (Lipinski definition) is 0. The molecule has 0 aromatic carbocycles. The van der Waals surface area contributed by atoms with E-state index in [1.165, 1.54) is 0 Å². The van der Waals surface area contributed by atoms with Crippen molar-refractivity contribution in [3.63, 3.8) is 0 Å². The molecule has 0 aliphatic carbocycles. The summed E-state index contributed by atoms with van der Waals surface area (Å²) in [4.78, 5) is 11.4. The fourth-order valence-corrected chi connectivity index (χ4v) is 1.20. The molecular formula is C7H4Br2N4. The van der Waals surface area contributed by atoms with Crippen molar-refractivity contribution in [3.8, 4) is 5.95 Å². The summed E-state index contributed by atoms with van der Waals surface area (Å²) in [7, 11) is 0. The minimum Gasteiger partial charge on any atom is -0.273 e. The highest BCUT2D eigenvalue weighted by Crippen LogP contribution is 2.10. The number of nitrogens with zero attached hydrogens (tertiary/aromatic N) is 4. The Bertz CT molecular complexity index is 577. The summed E-state index contributed by atoms with van der Waals surface area (Å²) in [5.41, 5.74) is 0. The van der Waals surface area contributed by atoms with Crippen molar-refractivity contribution < 1.29 is 5.48 Å². The zero-order valence-corrected chi connectivity index (χ0v) is 9.22. The average molecular weight is 308 g/mol. The van der Waals surface area contributed by atoms with Gasteiger partial charge in [0.1, 0.15) is 16.9 Å². The van der Waals surface area contributed by atoms with Crippen LogP contribution in [0.15, 0.2) is 33.9 Å². The van der Waals surface area contributed by atoms with E-state index in [4.69, 9.17) is 5.48 Å². The molecule has 13 heavy (non-hydrogen) atoms. The minimum atomic E-state index is -0.287. The molecular weight excluding hydrogens is 300 g/mol. The van der Waals surface area contributed by atoms with Gasteiger partial charge in [0.25, 0.3) is 0 Å². The number of imidazole rings is 1. The highest BCUT2D eigenvalue weighted by molar-refractivity contribution is 9.10. The molecule has 0 unspecified atom stereocenters. The molecule has 6 heteroatoms. The molecule has 2 aromatic rings. The van der Waals surface area contributed by atoms with Crippen LogP contribution in [0, 0.1) is 0 Å². The molecule has 0 aliphatic rings. The third kappa shape index (κ3) is 1.94. The maximum Gasteiger partial charge on any atom is 0.235 e. The molecule has 0 fully saturated rings. The second kappa shape index (κ2) is 3.55. The Labute approximate surface area is 96.9 Å². The molecule has 2 aromatic heterocycles.